The number of nitrogens with two attached hydrogens (primary N) is 1. The Hall–Kier alpha value is -1.55. The quantitative estimate of drug-likeness (QED) is 0.770. The van der Waals surface area contributed by atoms with Crippen molar-refractivity contribution >= 4 is 5.97 Å². The highest BCUT2D eigenvalue weighted by Gasteiger charge is 2.12. The zero-order valence-corrected chi connectivity index (χ0v) is 9.60. The first-order valence-corrected chi connectivity index (χ1v) is 5.29. The molecule has 0 aromatic heterocycles. The maximum atomic E-state index is 11.6. The molecule has 0 bridgehead atoms. The molecule has 0 amide bonds. The summed E-state index contributed by atoms with van der Waals surface area (Å²) in [6.07, 6.45) is 0. The molecular weight excluding hydrogens is 206 g/mol. The third-order valence-electron chi connectivity index (χ3n) is 1.88. The van der Waals surface area contributed by atoms with E-state index < -0.39 is 0 Å². The standard InChI is InChI=1S/C12H17NO3/c1-3-15-12(14)10-6-4-5-7-11(10)16-8-9(2)13/h4-7,9H,3,8,13H2,1-2H3. The molecule has 0 saturated carbocycles. The predicted octanol–water partition coefficient (Wildman–Crippen LogP) is 1.59. The lowest BCUT2D eigenvalue weighted by Crippen LogP contribution is -2.24. The lowest BCUT2D eigenvalue weighted by atomic mass is 10.2. The summed E-state index contributed by atoms with van der Waals surface area (Å²) in [6.45, 7) is 4.33. The van der Waals surface area contributed by atoms with E-state index in [0.29, 0.717) is 24.5 Å². The van der Waals surface area contributed by atoms with Gasteiger partial charge in [0.2, 0.25) is 0 Å². The number of benzene rings is 1. The number of para-hydroxylation sites is 1. The lowest BCUT2D eigenvalue weighted by molar-refractivity contribution is 0.0521. The minimum absolute atomic E-state index is 0.0738. The maximum Gasteiger partial charge on any atom is 0.341 e. The van der Waals surface area contributed by atoms with E-state index in [1.54, 1.807) is 31.2 Å². The molecule has 1 aromatic rings. The Morgan fingerprint density at radius 1 is 1.44 bits per heavy atom. The Morgan fingerprint density at radius 3 is 2.75 bits per heavy atom. The van der Waals surface area contributed by atoms with Gasteiger partial charge in [0.15, 0.2) is 0 Å². The molecule has 1 rings (SSSR count). The van der Waals surface area contributed by atoms with Gasteiger partial charge in [0.05, 0.1) is 6.61 Å². The molecule has 1 aromatic carbocycles. The Morgan fingerprint density at radius 2 is 2.12 bits per heavy atom. The van der Waals surface area contributed by atoms with E-state index in [0.717, 1.165) is 0 Å². The minimum atomic E-state index is -0.372. The van der Waals surface area contributed by atoms with Crippen molar-refractivity contribution in [3.63, 3.8) is 0 Å². The van der Waals surface area contributed by atoms with Crippen LogP contribution in [0.15, 0.2) is 24.3 Å². The van der Waals surface area contributed by atoms with Crippen LogP contribution in [0.25, 0.3) is 0 Å². The molecule has 0 aliphatic rings. The van der Waals surface area contributed by atoms with Gasteiger partial charge in [0.25, 0.3) is 0 Å². The maximum absolute atomic E-state index is 11.6. The van der Waals surface area contributed by atoms with Crippen molar-refractivity contribution in [2.24, 2.45) is 5.73 Å². The normalized spacial score (nSPS) is 11.9. The second-order valence-corrected chi connectivity index (χ2v) is 3.50. The summed E-state index contributed by atoms with van der Waals surface area (Å²) in [5.41, 5.74) is 6.02. The van der Waals surface area contributed by atoms with Gasteiger partial charge < -0.3 is 15.2 Å². The van der Waals surface area contributed by atoms with Crippen LogP contribution >= 0.6 is 0 Å². The van der Waals surface area contributed by atoms with E-state index >= 15 is 0 Å². The van der Waals surface area contributed by atoms with E-state index in [4.69, 9.17) is 15.2 Å². The van der Waals surface area contributed by atoms with Crippen LogP contribution in [0.2, 0.25) is 0 Å². The molecule has 1 unspecified atom stereocenters. The van der Waals surface area contributed by atoms with Crippen molar-refractivity contribution in [3.8, 4) is 5.75 Å². The summed E-state index contributed by atoms with van der Waals surface area (Å²) in [7, 11) is 0. The van der Waals surface area contributed by atoms with Crippen molar-refractivity contribution in [3.05, 3.63) is 29.8 Å². The molecule has 88 valence electrons. The molecule has 0 heterocycles. The molecule has 0 spiro atoms. The van der Waals surface area contributed by atoms with Gasteiger partial charge in [-0.15, -0.1) is 0 Å². The van der Waals surface area contributed by atoms with Crippen LogP contribution in [0.3, 0.4) is 0 Å². The van der Waals surface area contributed by atoms with Crippen molar-refractivity contribution in [2.45, 2.75) is 19.9 Å². The van der Waals surface area contributed by atoms with Crippen LogP contribution < -0.4 is 10.5 Å². The molecule has 0 aliphatic heterocycles. The third-order valence-corrected chi connectivity index (χ3v) is 1.88. The molecule has 0 radical (unpaired) electrons. The average molecular weight is 223 g/mol. The van der Waals surface area contributed by atoms with Gasteiger partial charge in [-0.25, -0.2) is 4.79 Å². The first-order valence-electron chi connectivity index (χ1n) is 5.29. The van der Waals surface area contributed by atoms with Crippen molar-refractivity contribution in [2.75, 3.05) is 13.2 Å². The predicted molar refractivity (Wildman–Crippen MR) is 61.5 cm³/mol. The monoisotopic (exact) mass is 223 g/mol. The molecule has 1 atom stereocenters. The summed E-state index contributed by atoms with van der Waals surface area (Å²) >= 11 is 0. The smallest absolute Gasteiger partial charge is 0.341 e. The number of hydrogen-bond acceptors (Lipinski definition) is 4. The molecule has 0 aliphatic carbocycles. The summed E-state index contributed by atoms with van der Waals surface area (Å²) < 4.78 is 10.4. The molecule has 2 N–H and O–H groups in total. The molecule has 16 heavy (non-hydrogen) atoms. The van der Waals surface area contributed by atoms with Crippen molar-refractivity contribution in [1.29, 1.82) is 0 Å². The van der Waals surface area contributed by atoms with E-state index in [-0.39, 0.29) is 12.0 Å². The van der Waals surface area contributed by atoms with E-state index in [1.165, 1.54) is 0 Å². The molecule has 0 saturated heterocycles. The Kier molecular flexibility index (Phi) is 4.79. The first kappa shape index (κ1) is 12.5. The summed E-state index contributed by atoms with van der Waals surface area (Å²) in [5, 5.41) is 0. The van der Waals surface area contributed by atoms with Crippen LogP contribution in [0.5, 0.6) is 5.75 Å². The Bertz CT molecular complexity index is 350. The summed E-state index contributed by atoms with van der Waals surface area (Å²) in [4.78, 5) is 11.6. The van der Waals surface area contributed by atoms with Gasteiger partial charge in [-0.1, -0.05) is 12.1 Å². The van der Waals surface area contributed by atoms with Crippen LogP contribution in [0.1, 0.15) is 24.2 Å². The van der Waals surface area contributed by atoms with Crippen LogP contribution in [-0.2, 0) is 4.74 Å². The van der Waals surface area contributed by atoms with Gasteiger partial charge in [-0.05, 0) is 26.0 Å². The van der Waals surface area contributed by atoms with Gasteiger partial charge in [-0.3, -0.25) is 0 Å². The lowest BCUT2D eigenvalue weighted by Gasteiger charge is -2.12. The number of esters is 1. The van der Waals surface area contributed by atoms with Gasteiger partial charge in [0.1, 0.15) is 17.9 Å². The summed E-state index contributed by atoms with van der Waals surface area (Å²) in [5.74, 6) is 0.140. The number of carbonyl (C=O) groups excluding carboxylic acids is 1. The number of carbonyl (C=O) groups is 1. The number of ether oxygens (including phenoxy) is 2. The SMILES string of the molecule is CCOC(=O)c1ccccc1OCC(C)N. The zero-order chi connectivity index (χ0) is 12.0. The highest BCUT2D eigenvalue weighted by molar-refractivity contribution is 5.92. The van der Waals surface area contributed by atoms with Crippen LogP contribution in [0.4, 0.5) is 0 Å². The van der Waals surface area contributed by atoms with Gasteiger partial charge in [-0.2, -0.15) is 0 Å². The van der Waals surface area contributed by atoms with E-state index in [9.17, 15) is 4.79 Å². The fraction of sp³-hybridized carbons (Fsp3) is 0.417. The number of hydrogen-bond donors (Lipinski definition) is 1. The largest absolute Gasteiger partial charge is 0.491 e. The van der Waals surface area contributed by atoms with Crippen LogP contribution in [0, 0.1) is 0 Å². The molecule has 0 fully saturated rings. The highest BCUT2D eigenvalue weighted by atomic mass is 16.5. The van der Waals surface area contributed by atoms with Crippen molar-refractivity contribution in [1.82, 2.24) is 0 Å². The fourth-order valence-corrected chi connectivity index (χ4v) is 1.19. The third kappa shape index (κ3) is 3.55. The molecular formula is C12H17NO3. The fourth-order valence-electron chi connectivity index (χ4n) is 1.19. The van der Waals surface area contributed by atoms with Gasteiger partial charge >= 0.3 is 5.97 Å². The molecule has 4 nitrogen and oxygen atoms in total. The topological polar surface area (TPSA) is 61.5 Å². The van der Waals surface area contributed by atoms with Gasteiger partial charge in [0, 0.05) is 6.04 Å². The zero-order valence-electron chi connectivity index (χ0n) is 9.60. The van der Waals surface area contributed by atoms with E-state index in [1.807, 2.05) is 6.92 Å². The average Bonchev–Trinajstić information content (AvgIpc) is 2.27. The Labute approximate surface area is 95.3 Å². The minimum Gasteiger partial charge on any atom is -0.491 e. The highest BCUT2D eigenvalue weighted by Crippen LogP contribution is 2.18. The second kappa shape index (κ2) is 6.12. The number of rotatable bonds is 5. The Balaban J connectivity index is 2.78. The summed E-state index contributed by atoms with van der Waals surface area (Å²) in [6, 6.07) is 6.91. The van der Waals surface area contributed by atoms with Crippen molar-refractivity contribution < 1.29 is 14.3 Å². The first-order chi connectivity index (χ1) is 7.65. The van der Waals surface area contributed by atoms with E-state index in [2.05, 4.69) is 0 Å². The van der Waals surface area contributed by atoms with Crippen LogP contribution in [-0.4, -0.2) is 25.2 Å². The molecule has 4 heteroatoms. The second-order valence-electron chi connectivity index (χ2n) is 3.50.